The summed E-state index contributed by atoms with van der Waals surface area (Å²) in [6.07, 6.45) is 1.51. The Morgan fingerprint density at radius 3 is 2.57 bits per heavy atom. The summed E-state index contributed by atoms with van der Waals surface area (Å²) in [5, 5.41) is -0.101. The Hall–Kier alpha value is -3.95. The van der Waals surface area contributed by atoms with Crippen LogP contribution >= 0.6 is 23.4 Å². The number of aryl methyl sites for hydroxylation is 1. The fourth-order valence-corrected chi connectivity index (χ4v) is 4.83. The maximum atomic E-state index is 13.2. The van der Waals surface area contributed by atoms with Crippen LogP contribution in [0.4, 0.5) is 4.79 Å². The molecule has 3 aromatic rings. The van der Waals surface area contributed by atoms with E-state index in [1.807, 2.05) is 19.1 Å². The number of imide groups is 1. The SMILES string of the molecule is COc1cccc(/C=C2\SC(=O)N(Cc3cc4c(cc3Cl)OCO4)C2=O)c1OC(=O)c1ccc(C)cc1. The number of benzene rings is 3. The van der Waals surface area contributed by atoms with Crippen molar-refractivity contribution in [1.82, 2.24) is 4.90 Å². The number of thioether (sulfide) groups is 1. The van der Waals surface area contributed by atoms with E-state index in [-0.39, 0.29) is 24.0 Å². The molecule has 2 heterocycles. The summed E-state index contributed by atoms with van der Waals surface area (Å²) in [6.45, 7) is 1.96. The highest BCUT2D eigenvalue weighted by molar-refractivity contribution is 8.18. The van der Waals surface area contributed by atoms with Crippen LogP contribution in [0.25, 0.3) is 6.08 Å². The van der Waals surface area contributed by atoms with Crippen molar-refractivity contribution >= 4 is 46.6 Å². The minimum absolute atomic E-state index is 0.0368. The molecule has 0 atom stereocenters. The fraction of sp³-hybridized carbons (Fsp3) is 0.148. The highest BCUT2D eigenvalue weighted by Gasteiger charge is 2.36. The second-order valence-corrected chi connectivity index (χ2v) is 9.60. The molecular weight excluding hydrogens is 518 g/mol. The van der Waals surface area contributed by atoms with E-state index in [1.54, 1.807) is 42.5 Å². The van der Waals surface area contributed by atoms with Gasteiger partial charge in [-0.15, -0.1) is 0 Å². The van der Waals surface area contributed by atoms with Crippen molar-refractivity contribution in [1.29, 1.82) is 0 Å². The second kappa shape index (κ2) is 10.2. The van der Waals surface area contributed by atoms with Crippen LogP contribution in [0.2, 0.25) is 5.02 Å². The lowest BCUT2D eigenvalue weighted by molar-refractivity contribution is -0.123. The van der Waals surface area contributed by atoms with E-state index in [0.29, 0.717) is 39.0 Å². The normalized spacial score (nSPS) is 15.4. The van der Waals surface area contributed by atoms with Crippen LogP contribution in [0.15, 0.2) is 59.5 Å². The first-order valence-corrected chi connectivity index (χ1v) is 12.3. The second-order valence-electron chi connectivity index (χ2n) is 8.20. The van der Waals surface area contributed by atoms with Crippen LogP contribution in [-0.4, -0.2) is 35.9 Å². The molecule has 0 aromatic heterocycles. The summed E-state index contributed by atoms with van der Waals surface area (Å²) >= 11 is 7.13. The number of carbonyl (C=O) groups excluding carboxylic acids is 3. The number of rotatable bonds is 6. The first-order valence-electron chi connectivity index (χ1n) is 11.1. The van der Waals surface area contributed by atoms with Gasteiger partial charge in [0.15, 0.2) is 23.0 Å². The molecule has 0 saturated carbocycles. The minimum Gasteiger partial charge on any atom is -0.493 e. The van der Waals surface area contributed by atoms with Gasteiger partial charge in [0.2, 0.25) is 6.79 Å². The van der Waals surface area contributed by atoms with Gasteiger partial charge in [0, 0.05) is 16.7 Å². The van der Waals surface area contributed by atoms with Crippen molar-refractivity contribution in [2.45, 2.75) is 13.5 Å². The third-order valence-electron chi connectivity index (χ3n) is 5.74. The molecule has 10 heteroatoms. The van der Waals surface area contributed by atoms with Gasteiger partial charge in [-0.2, -0.15) is 0 Å². The number of hydrogen-bond donors (Lipinski definition) is 0. The highest BCUT2D eigenvalue weighted by atomic mass is 35.5. The van der Waals surface area contributed by atoms with E-state index in [1.165, 1.54) is 13.2 Å². The third kappa shape index (κ3) is 5.00. The zero-order chi connectivity index (χ0) is 26.1. The Balaban J connectivity index is 1.41. The van der Waals surface area contributed by atoms with Crippen LogP contribution in [0.3, 0.4) is 0 Å². The van der Waals surface area contributed by atoms with Crippen molar-refractivity contribution in [3.8, 4) is 23.0 Å². The largest absolute Gasteiger partial charge is 0.493 e. The van der Waals surface area contributed by atoms with Gasteiger partial charge in [-0.1, -0.05) is 41.4 Å². The molecule has 0 unspecified atom stereocenters. The minimum atomic E-state index is -0.579. The fourth-order valence-electron chi connectivity index (χ4n) is 3.79. The van der Waals surface area contributed by atoms with Crippen molar-refractivity contribution in [2.75, 3.05) is 13.9 Å². The first-order chi connectivity index (χ1) is 17.8. The zero-order valence-electron chi connectivity index (χ0n) is 19.8. The zero-order valence-corrected chi connectivity index (χ0v) is 21.4. The number of para-hydroxylation sites is 1. The molecule has 8 nitrogen and oxygen atoms in total. The van der Waals surface area contributed by atoms with Gasteiger partial charge >= 0.3 is 5.97 Å². The maximum absolute atomic E-state index is 13.2. The van der Waals surface area contributed by atoms with E-state index in [2.05, 4.69) is 0 Å². The molecule has 188 valence electrons. The molecule has 0 radical (unpaired) electrons. The molecule has 2 aliphatic rings. The van der Waals surface area contributed by atoms with Crippen molar-refractivity contribution < 1.29 is 33.3 Å². The van der Waals surface area contributed by atoms with Gasteiger partial charge in [-0.3, -0.25) is 14.5 Å². The van der Waals surface area contributed by atoms with Crippen LogP contribution in [0.5, 0.6) is 23.0 Å². The number of amides is 2. The summed E-state index contributed by atoms with van der Waals surface area (Å²) in [4.78, 5) is 40.0. The summed E-state index contributed by atoms with van der Waals surface area (Å²) in [5.41, 5.74) is 2.32. The number of methoxy groups -OCH3 is 1. The molecule has 1 saturated heterocycles. The molecule has 0 aliphatic carbocycles. The standard InChI is InChI=1S/C27H20ClNO7S/c1-15-6-8-16(9-7-15)26(31)36-24-17(4-3-5-20(24)33-2)11-23-25(30)29(27(32)37-23)13-18-10-21-22(12-19(18)28)35-14-34-21/h3-12H,13-14H2,1-2H3/b23-11-. The van der Waals surface area contributed by atoms with Gasteiger partial charge in [-0.05, 0) is 54.6 Å². The topological polar surface area (TPSA) is 91.4 Å². The smallest absolute Gasteiger partial charge is 0.343 e. The van der Waals surface area contributed by atoms with E-state index in [0.717, 1.165) is 22.2 Å². The number of nitrogens with zero attached hydrogens (tertiary/aromatic N) is 1. The van der Waals surface area contributed by atoms with Crippen LogP contribution in [0, 0.1) is 6.92 Å². The molecular formula is C27H20ClNO7S. The predicted molar refractivity (Wildman–Crippen MR) is 138 cm³/mol. The maximum Gasteiger partial charge on any atom is 0.343 e. The van der Waals surface area contributed by atoms with Crippen LogP contribution in [0.1, 0.15) is 27.0 Å². The van der Waals surface area contributed by atoms with Crippen molar-refractivity contribution in [3.05, 3.63) is 86.8 Å². The predicted octanol–water partition coefficient (Wildman–Crippen LogP) is 5.84. The van der Waals surface area contributed by atoms with Crippen molar-refractivity contribution in [2.24, 2.45) is 0 Å². The van der Waals surface area contributed by atoms with E-state index in [9.17, 15) is 14.4 Å². The lowest BCUT2D eigenvalue weighted by atomic mass is 10.1. The molecule has 3 aromatic carbocycles. The van der Waals surface area contributed by atoms with Crippen molar-refractivity contribution in [3.63, 3.8) is 0 Å². The number of esters is 1. The van der Waals surface area contributed by atoms with E-state index >= 15 is 0 Å². The van der Waals surface area contributed by atoms with E-state index < -0.39 is 17.1 Å². The average molecular weight is 538 g/mol. The molecule has 2 aliphatic heterocycles. The summed E-state index contributed by atoms with van der Waals surface area (Å²) in [6, 6.07) is 15.2. The number of ether oxygens (including phenoxy) is 4. The van der Waals surface area contributed by atoms with Gasteiger partial charge in [0.05, 0.1) is 24.1 Å². The summed E-state index contributed by atoms with van der Waals surface area (Å²) in [5.74, 6) is 0.376. The Labute approximate surface area is 221 Å². The quantitative estimate of drug-likeness (QED) is 0.220. The third-order valence-corrected chi connectivity index (χ3v) is 7.00. The molecule has 0 bridgehead atoms. The number of carbonyl (C=O) groups is 3. The van der Waals surface area contributed by atoms with Gasteiger partial charge < -0.3 is 18.9 Å². The molecule has 37 heavy (non-hydrogen) atoms. The van der Waals surface area contributed by atoms with Gasteiger partial charge in [-0.25, -0.2) is 4.79 Å². The van der Waals surface area contributed by atoms with Gasteiger partial charge in [0.25, 0.3) is 11.1 Å². The molecule has 2 amide bonds. The van der Waals surface area contributed by atoms with E-state index in [4.69, 9.17) is 30.5 Å². The Kier molecular flexibility index (Phi) is 6.82. The molecule has 5 rings (SSSR count). The number of halogens is 1. The summed E-state index contributed by atoms with van der Waals surface area (Å²) < 4.78 is 21.8. The molecule has 0 N–H and O–H groups in total. The average Bonchev–Trinajstić information content (AvgIpc) is 3.44. The Bertz CT molecular complexity index is 1450. The number of hydrogen-bond acceptors (Lipinski definition) is 8. The monoisotopic (exact) mass is 537 g/mol. The lowest BCUT2D eigenvalue weighted by Crippen LogP contribution is -2.27. The molecule has 0 spiro atoms. The Morgan fingerprint density at radius 1 is 1.11 bits per heavy atom. The lowest BCUT2D eigenvalue weighted by Gasteiger charge is -2.14. The first kappa shape index (κ1) is 24.7. The molecule has 1 fully saturated rings. The van der Waals surface area contributed by atoms with Crippen LogP contribution < -0.4 is 18.9 Å². The van der Waals surface area contributed by atoms with Gasteiger partial charge in [0.1, 0.15) is 0 Å². The van der Waals surface area contributed by atoms with Crippen LogP contribution in [-0.2, 0) is 11.3 Å². The highest BCUT2D eigenvalue weighted by Crippen LogP contribution is 2.41. The number of fused-ring (bicyclic) bond motifs is 1. The summed E-state index contributed by atoms with van der Waals surface area (Å²) in [7, 11) is 1.45. The Morgan fingerprint density at radius 2 is 1.84 bits per heavy atom.